The van der Waals surface area contributed by atoms with Crippen LogP contribution in [0.25, 0.3) is 0 Å². The Morgan fingerprint density at radius 2 is 1.24 bits per heavy atom. The van der Waals surface area contributed by atoms with Crippen LogP contribution >= 0.6 is 0 Å². The van der Waals surface area contributed by atoms with Crippen LogP contribution < -0.4 is 5.46 Å². The average molecular weight is 344 g/mol. The van der Waals surface area contributed by atoms with Gasteiger partial charge in [0.15, 0.2) is 0 Å². The fourth-order valence-corrected chi connectivity index (χ4v) is 5.16. The Hall–Kier alpha value is -0.875. The summed E-state index contributed by atoms with van der Waals surface area (Å²) in [5.74, 6) is 0. The highest BCUT2D eigenvalue weighted by molar-refractivity contribution is 6.61. The second-order valence-corrected chi connectivity index (χ2v) is 7.81. The van der Waals surface area contributed by atoms with Gasteiger partial charge >= 0.3 is 7.12 Å². The van der Waals surface area contributed by atoms with Crippen LogP contribution in [0.15, 0.2) is 30.3 Å². The zero-order valence-electron chi connectivity index (χ0n) is 15.4. The summed E-state index contributed by atoms with van der Waals surface area (Å²) in [4.78, 5) is 0. The molecule has 1 aliphatic heterocycles. The van der Waals surface area contributed by atoms with Crippen LogP contribution in [-0.2, 0) is 18.8 Å². The van der Waals surface area contributed by atoms with Gasteiger partial charge in [0.25, 0.3) is 0 Å². The minimum Gasteiger partial charge on any atom is -0.399 e. The monoisotopic (exact) mass is 344 g/mol. The lowest BCUT2D eigenvalue weighted by Crippen LogP contribution is -2.56. The SMILES string of the molecule is COC1([C@@H]2OB(c3ccccc3)O[C@H]2C2(OC)CCCC2)CCCC1. The Bertz CT molecular complexity index is 534. The van der Waals surface area contributed by atoms with Crippen molar-refractivity contribution in [2.45, 2.75) is 74.8 Å². The van der Waals surface area contributed by atoms with Gasteiger partial charge in [-0.25, -0.2) is 0 Å². The van der Waals surface area contributed by atoms with Gasteiger partial charge < -0.3 is 18.8 Å². The van der Waals surface area contributed by atoms with Crippen molar-refractivity contribution in [3.63, 3.8) is 0 Å². The fourth-order valence-electron chi connectivity index (χ4n) is 5.16. The molecule has 0 radical (unpaired) electrons. The molecule has 3 aliphatic rings. The second-order valence-electron chi connectivity index (χ2n) is 7.81. The molecule has 5 heteroatoms. The lowest BCUT2D eigenvalue weighted by atomic mass is 9.79. The molecule has 1 aromatic carbocycles. The summed E-state index contributed by atoms with van der Waals surface area (Å²) < 4.78 is 25.3. The molecule has 0 spiro atoms. The summed E-state index contributed by atoms with van der Waals surface area (Å²) in [6, 6.07) is 10.2. The molecule has 25 heavy (non-hydrogen) atoms. The van der Waals surface area contributed by atoms with Crippen molar-refractivity contribution in [2.24, 2.45) is 0 Å². The van der Waals surface area contributed by atoms with Gasteiger partial charge in [-0.05, 0) is 31.1 Å². The summed E-state index contributed by atoms with van der Waals surface area (Å²) >= 11 is 0. The van der Waals surface area contributed by atoms with Crippen molar-refractivity contribution in [2.75, 3.05) is 14.2 Å². The van der Waals surface area contributed by atoms with Crippen molar-refractivity contribution in [1.29, 1.82) is 0 Å². The van der Waals surface area contributed by atoms with E-state index in [9.17, 15) is 0 Å². The van der Waals surface area contributed by atoms with Gasteiger partial charge in [0, 0.05) is 14.2 Å². The first-order valence-electron chi connectivity index (χ1n) is 9.69. The Kier molecular flexibility index (Phi) is 4.93. The maximum absolute atomic E-state index is 6.55. The van der Waals surface area contributed by atoms with E-state index in [0.29, 0.717) is 0 Å². The lowest BCUT2D eigenvalue weighted by Gasteiger charge is -2.43. The highest BCUT2D eigenvalue weighted by atomic mass is 16.7. The summed E-state index contributed by atoms with van der Waals surface area (Å²) in [6.45, 7) is 0. The van der Waals surface area contributed by atoms with Crippen LogP contribution in [0, 0.1) is 0 Å². The predicted molar refractivity (Wildman–Crippen MR) is 98.0 cm³/mol. The quantitative estimate of drug-likeness (QED) is 0.770. The summed E-state index contributed by atoms with van der Waals surface area (Å²) in [6.07, 6.45) is 8.75. The minimum atomic E-state index is -0.337. The Balaban J connectivity index is 1.68. The van der Waals surface area contributed by atoms with E-state index >= 15 is 0 Å². The first kappa shape index (κ1) is 17.5. The molecule has 0 unspecified atom stereocenters. The van der Waals surface area contributed by atoms with Crippen molar-refractivity contribution in [1.82, 2.24) is 0 Å². The average Bonchev–Trinajstić information content (AvgIpc) is 3.41. The van der Waals surface area contributed by atoms with Gasteiger partial charge in [0.2, 0.25) is 0 Å². The molecule has 1 heterocycles. The molecule has 2 atom stereocenters. The van der Waals surface area contributed by atoms with Crippen LogP contribution in [0.5, 0.6) is 0 Å². The van der Waals surface area contributed by atoms with Crippen molar-refractivity contribution in [3.8, 4) is 0 Å². The third kappa shape index (κ3) is 2.95. The summed E-state index contributed by atoms with van der Waals surface area (Å²) in [5.41, 5.74) is 0.577. The second kappa shape index (κ2) is 7.03. The molecule has 1 saturated heterocycles. The molecule has 2 aliphatic carbocycles. The third-order valence-electron chi connectivity index (χ3n) is 6.64. The van der Waals surface area contributed by atoms with E-state index in [1.54, 1.807) is 0 Å². The van der Waals surface area contributed by atoms with E-state index in [0.717, 1.165) is 31.1 Å². The van der Waals surface area contributed by atoms with Gasteiger partial charge in [-0.15, -0.1) is 0 Å². The van der Waals surface area contributed by atoms with Crippen LogP contribution in [0.1, 0.15) is 51.4 Å². The number of benzene rings is 1. The first-order chi connectivity index (χ1) is 12.2. The number of methoxy groups -OCH3 is 2. The van der Waals surface area contributed by atoms with Crippen LogP contribution in [0.3, 0.4) is 0 Å². The van der Waals surface area contributed by atoms with E-state index < -0.39 is 0 Å². The van der Waals surface area contributed by atoms with Gasteiger partial charge in [-0.3, -0.25) is 0 Å². The highest BCUT2D eigenvalue weighted by Crippen LogP contribution is 2.48. The van der Waals surface area contributed by atoms with E-state index in [1.807, 2.05) is 32.4 Å². The molecule has 0 amide bonds. The molecule has 3 fully saturated rings. The topological polar surface area (TPSA) is 36.9 Å². The standard InChI is InChI=1S/C20H29BO4/c1-22-19(12-6-7-13-19)17-18(20(23-2)14-8-9-15-20)25-21(24-17)16-10-4-3-5-11-16/h3-5,10-11,17-18H,6-9,12-15H2,1-2H3/t17-,18-/m1/s1. The van der Waals surface area contributed by atoms with E-state index in [1.165, 1.54) is 25.7 Å². The van der Waals surface area contributed by atoms with Crippen molar-refractivity contribution >= 4 is 12.6 Å². The third-order valence-corrected chi connectivity index (χ3v) is 6.64. The Labute approximate surface area is 151 Å². The van der Waals surface area contributed by atoms with Gasteiger partial charge in [0.05, 0.1) is 23.4 Å². The molecule has 4 rings (SSSR count). The maximum Gasteiger partial charge on any atom is 0.494 e. The molecule has 136 valence electrons. The molecular weight excluding hydrogens is 315 g/mol. The van der Waals surface area contributed by atoms with Crippen LogP contribution in [0.4, 0.5) is 0 Å². The molecule has 0 bridgehead atoms. The lowest BCUT2D eigenvalue weighted by molar-refractivity contribution is -0.153. The van der Waals surface area contributed by atoms with Gasteiger partial charge in [-0.1, -0.05) is 56.0 Å². The molecular formula is C20H29BO4. The zero-order valence-corrected chi connectivity index (χ0v) is 15.4. The first-order valence-corrected chi connectivity index (χ1v) is 9.69. The maximum atomic E-state index is 6.55. The summed E-state index contributed by atoms with van der Waals surface area (Å²) in [5, 5.41) is 0. The Morgan fingerprint density at radius 3 is 1.64 bits per heavy atom. The summed E-state index contributed by atoms with van der Waals surface area (Å²) in [7, 11) is 3.32. The van der Waals surface area contributed by atoms with E-state index in [2.05, 4.69) is 12.1 Å². The van der Waals surface area contributed by atoms with E-state index in [-0.39, 0.29) is 30.5 Å². The van der Waals surface area contributed by atoms with E-state index in [4.69, 9.17) is 18.8 Å². The van der Waals surface area contributed by atoms with Crippen LogP contribution in [-0.4, -0.2) is 44.7 Å². The van der Waals surface area contributed by atoms with Crippen molar-refractivity contribution in [3.05, 3.63) is 30.3 Å². The minimum absolute atomic E-state index is 0.0803. The number of rotatable bonds is 5. The predicted octanol–water partition coefficient (Wildman–Crippen LogP) is 3.08. The molecule has 0 aromatic heterocycles. The van der Waals surface area contributed by atoms with Crippen LogP contribution in [0.2, 0.25) is 0 Å². The highest BCUT2D eigenvalue weighted by Gasteiger charge is 2.60. The normalized spacial score (nSPS) is 30.9. The number of hydrogen-bond acceptors (Lipinski definition) is 4. The smallest absolute Gasteiger partial charge is 0.399 e. The largest absolute Gasteiger partial charge is 0.494 e. The molecule has 4 nitrogen and oxygen atoms in total. The molecule has 0 N–H and O–H groups in total. The Morgan fingerprint density at radius 1 is 0.800 bits per heavy atom. The van der Waals surface area contributed by atoms with Gasteiger partial charge in [-0.2, -0.15) is 0 Å². The van der Waals surface area contributed by atoms with Gasteiger partial charge in [0.1, 0.15) is 0 Å². The molecule has 2 saturated carbocycles. The number of ether oxygens (including phenoxy) is 2. The fraction of sp³-hybridized carbons (Fsp3) is 0.700. The zero-order chi connectivity index (χ0) is 17.3. The number of hydrogen-bond donors (Lipinski definition) is 0. The van der Waals surface area contributed by atoms with Crippen molar-refractivity contribution < 1.29 is 18.8 Å². The molecule has 1 aromatic rings.